The highest BCUT2D eigenvalue weighted by molar-refractivity contribution is 5.79. The van der Waals surface area contributed by atoms with Crippen LogP contribution in [-0.2, 0) is 6.18 Å². The first-order chi connectivity index (χ1) is 11.2. The number of halogens is 3. The van der Waals surface area contributed by atoms with Gasteiger partial charge in [0.15, 0.2) is 5.96 Å². The summed E-state index contributed by atoms with van der Waals surface area (Å²) in [7, 11) is 0. The van der Waals surface area contributed by atoms with E-state index in [1.165, 1.54) is 12.1 Å². The summed E-state index contributed by atoms with van der Waals surface area (Å²) in [5.74, 6) is 0.616. The molecule has 0 aliphatic rings. The molecule has 0 saturated heterocycles. The molecule has 0 aliphatic heterocycles. The maximum absolute atomic E-state index is 12.6. The number of nitrogens with zero attached hydrogens (tertiary/aromatic N) is 1. The lowest BCUT2D eigenvalue weighted by Crippen LogP contribution is -2.41. The SMILES string of the molecule is CCNC(=NCC(O)COc1cccc(C(F)(F)F)c1)NC(C)C. The van der Waals surface area contributed by atoms with Crippen LogP contribution in [0.3, 0.4) is 0 Å². The first-order valence-electron chi connectivity index (χ1n) is 7.75. The molecule has 5 nitrogen and oxygen atoms in total. The van der Waals surface area contributed by atoms with Gasteiger partial charge in [0.25, 0.3) is 0 Å². The number of aliphatic hydroxyl groups excluding tert-OH is 1. The molecule has 8 heteroatoms. The summed E-state index contributed by atoms with van der Waals surface area (Å²) < 4.78 is 43.1. The largest absolute Gasteiger partial charge is 0.491 e. The van der Waals surface area contributed by atoms with Crippen molar-refractivity contribution in [1.82, 2.24) is 10.6 Å². The fourth-order valence-electron chi connectivity index (χ4n) is 1.80. The first kappa shape index (κ1) is 20.1. The normalized spacial score (nSPS) is 13.8. The number of nitrogens with one attached hydrogen (secondary N) is 2. The van der Waals surface area contributed by atoms with E-state index in [1.807, 2.05) is 20.8 Å². The van der Waals surface area contributed by atoms with Gasteiger partial charge in [-0.25, -0.2) is 0 Å². The number of benzene rings is 1. The highest BCUT2D eigenvalue weighted by atomic mass is 19.4. The van der Waals surface area contributed by atoms with E-state index < -0.39 is 17.8 Å². The zero-order valence-corrected chi connectivity index (χ0v) is 14.0. The quantitative estimate of drug-likeness (QED) is 0.523. The third-order valence-electron chi connectivity index (χ3n) is 2.83. The molecule has 1 rings (SSSR count). The second kappa shape index (κ2) is 9.36. The number of aliphatic hydroxyl groups is 1. The maximum atomic E-state index is 12.6. The van der Waals surface area contributed by atoms with Crippen molar-refractivity contribution < 1.29 is 23.0 Å². The predicted molar refractivity (Wildman–Crippen MR) is 87.2 cm³/mol. The Labute approximate surface area is 139 Å². The average molecular weight is 347 g/mol. The lowest BCUT2D eigenvalue weighted by molar-refractivity contribution is -0.137. The average Bonchev–Trinajstić information content (AvgIpc) is 2.50. The minimum Gasteiger partial charge on any atom is -0.491 e. The molecule has 0 aromatic heterocycles. The fourth-order valence-corrected chi connectivity index (χ4v) is 1.80. The number of hydrogen-bond acceptors (Lipinski definition) is 3. The Bertz CT molecular complexity index is 534. The van der Waals surface area contributed by atoms with Crippen LogP contribution in [0.4, 0.5) is 13.2 Å². The summed E-state index contributed by atoms with van der Waals surface area (Å²) in [4.78, 5) is 4.21. The van der Waals surface area contributed by atoms with Crippen molar-refractivity contribution in [3.05, 3.63) is 29.8 Å². The smallest absolute Gasteiger partial charge is 0.416 e. The van der Waals surface area contributed by atoms with Gasteiger partial charge in [-0.3, -0.25) is 4.99 Å². The Kier molecular flexibility index (Phi) is 7.84. The monoisotopic (exact) mass is 347 g/mol. The van der Waals surface area contributed by atoms with E-state index >= 15 is 0 Å². The summed E-state index contributed by atoms with van der Waals surface area (Å²) in [6.07, 6.45) is -5.35. The molecular formula is C16H24F3N3O2. The molecule has 24 heavy (non-hydrogen) atoms. The summed E-state index contributed by atoms with van der Waals surface area (Å²) in [6.45, 7) is 6.44. The summed E-state index contributed by atoms with van der Waals surface area (Å²) in [6, 6.07) is 4.73. The zero-order valence-electron chi connectivity index (χ0n) is 14.0. The van der Waals surface area contributed by atoms with Gasteiger partial charge < -0.3 is 20.5 Å². The highest BCUT2D eigenvalue weighted by Crippen LogP contribution is 2.31. The molecule has 1 atom stereocenters. The Morgan fingerprint density at radius 2 is 2.04 bits per heavy atom. The maximum Gasteiger partial charge on any atom is 0.416 e. The van der Waals surface area contributed by atoms with E-state index in [-0.39, 0.29) is 24.9 Å². The Balaban J connectivity index is 2.55. The summed E-state index contributed by atoms with van der Waals surface area (Å²) in [5, 5.41) is 16.0. The van der Waals surface area contributed by atoms with Gasteiger partial charge in [0, 0.05) is 12.6 Å². The van der Waals surface area contributed by atoms with Gasteiger partial charge in [-0.2, -0.15) is 13.2 Å². The number of ether oxygens (including phenoxy) is 1. The van der Waals surface area contributed by atoms with Gasteiger partial charge in [-0.1, -0.05) is 6.07 Å². The molecule has 3 N–H and O–H groups in total. The Morgan fingerprint density at radius 1 is 1.33 bits per heavy atom. The minimum atomic E-state index is -4.43. The number of alkyl halides is 3. The highest BCUT2D eigenvalue weighted by Gasteiger charge is 2.30. The van der Waals surface area contributed by atoms with Crippen molar-refractivity contribution in [3.63, 3.8) is 0 Å². The van der Waals surface area contributed by atoms with Crippen molar-refractivity contribution in [2.45, 2.75) is 39.1 Å². The molecular weight excluding hydrogens is 323 g/mol. The van der Waals surface area contributed by atoms with Crippen LogP contribution < -0.4 is 15.4 Å². The summed E-state index contributed by atoms with van der Waals surface area (Å²) >= 11 is 0. The minimum absolute atomic E-state index is 0.0556. The van der Waals surface area contributed by atoms with Crippen LogP contribution >= 0.6 is 0 Å². The van der Waals surface area contributed by atoms with E-state index in [0.717, 1.165) is 12.1 Å². The molecule has 0 heterocycles. The van der Waals surface area contributed by atoms with Crippen LogP contribution in [0, 0.1) is 0 Å². The van der Waals surface area contributed by atoms with E-state index in [1.54, 1.807) is 0 Å². The number of rotatable bonds is 7. The van der Waals surface area contributed by atoms with Crippen molar-refractivity contribution in [2.75, 3.05) is 19.7 Å². The zero-order chi connectivity index (χ0) is 18.2. The van der Waals surface area contributed by atoms with Gasteiger partial charge in [0.05, 0.1) is 12.1 Å². The van der Waals surface area contributed by atoms with Crippen LogP contribution in [0.5, 0.6) is 5.75 Å². The van der Waals surface area contributed by atoms with Crippen LogP contribution in [0.25, 0.3) is 0 Å². The van der Waals surface area contributed by atoms with Gasteiger partial charge in [0.1, 0.15) is 18.5 Å². The van der Waals surface area contributed by atoms with Crippen molar-refractivity contribution in [1.29, 1.82) is 0 Å². The summed E-state index contributed by atoms with van der Waals surface area (Å²) in [5.41, 5.74) is -0.789. The Hall–Kier alpha value is -1.96. The fraction of sp³-hybridized carbons (Fsp3) is 0.562. The molecule has 0 aliphatic carbocycles. The number of aliphatic imine (C=N–C) groups is 1. The number of guanidine groups is 1. The molecule has 0 radical (unpaired) electrons. The molecule has 0 saturated carbocycles. The molecule has 1 aromatic rings. The van der Waals surface area contributed by atoms with E-state index in [2.05, 4.69) is 15.6 Å². The van der Waals surface area contributed by atoms with Crippen LogP contribution in [-0.4, -0.2) is 42.9 Å². The van der Waals surface area contributed by atoms with Gasteiger partial charge in [0.2, 0.25) is 0 Å². The van der Waals surface area contributed by atoms with Gasteiger partial charge >= 0.3 is 6.18 Å². The van der Waals surface area contributed by atoms with Crippen LogP contribution in [0.15, 0.2) is 29.3 Å². The lowest BCUT2D eigenvalue weighted by Gasteiger charge is -2.16. The number of hydrogen-bond donors (Lipinski definition) is 3. The van der Waals surface area contributed by atoms with E-state index in [4.69, 9.17) is 4.74 Å². The van der Waals surface area contributed by atoms with Crippen LogP contribution in [0.1, 0.15) is 26.3 Å². The Morgan fingerprint density at radius 3 is 2.62 bits per heavy atom. The second-order valence-electron chi connectivity index (χ2n) is 5.51. The molecule has 0 amide bonds. The van der Waals surface area contributed by atoms with Crippen LogP contribution in [0.2, 0.25) is 0 Å². The predicted octanol–water partition coefficient (Wildman–Crippen LogP) is 2.41. The molecule has 1 aromatic carbocycles. The molecule has 0 fully saturated rings. The molecule has 136 valence electrons. The second-order valence-corrected chi connectivity index (χ2v) is 5.51. The standard InChI is InChI=1S/C16H24F3N3O2/c1-4-20-15(22-11(2)3)21-9-13(23)10-24-14-7-5-6-12(8-14)16(17,18)19/h5-8,11,13,23H,4,9-10H2,1-3H3,(H2,20,21,22). The van der Waals surface area contributed by atoms with E-state index in [9.17, 15) is 18.3 Å². The first-order valence-corrected chi connectivity index (χ1v) is 7.75. The molecule has 0 spiro atoms. The van der Waals surface area contributed by atoms with Gasteiger partial charge in [-0.15, -0.1) is 0 Å². The third-order valence-corrected chi connectivity index (χ3v) is 2.83. The molecule has 1 unspecified atom stereocenters. The van der Waals surface area contributed by atoms with E-state index in [0.29, 0.717) is 12.5 Å². The topological polar surface area (TPSA) is 65.9 Å². The van der Waals surface area contributed by atoms with Crippen molar-refractivity contribution in [3.8, 4) is 5.75 Å². The van der Waals surface area contributed by atoms with Crippen molar-refractivity contribution in [2.24, 2.45) is 4.99 Å². The lowest BCUT2D eigenvalue weighted by atomic mass is 10.2. The van der Waals surface area contributed by atoms with Gasteiger partial charge in [-0.05, 0) is 39.0 Å². The third kappa shape index (κ3) is 7.54. The van der Waals surface area contributed by atoms with Crippen molar-refractivity contribution >= 4 is 5.96 Å². The molecule has 0 bridgehead atoms.